The second-order valence-electron chi connectivity index (χ2n) is 4.80. The molecule has 1 N–H and O–H groups in total. The highest BCUT2D eigenvalue weighted by molar-refractivity contribution is 6.31. The van der Waals surface area contributed by atoms with Gasteiger partial charge in [0.05, 0.1) is 32.6 Å². The van der Waals surface area contributed by atoms with Crippen molar-refractivity contribution >= 4 is 23.3 Å². The molecule has 0 aliphatic heterocycles. The number of rotatable bonds is 6. The molecule has 0 spiro atoms. The van der Waals surface area contributed by atoms with Gasteiger partial charge in [-0.3, -0.25) is 0 Å². The molecule has 0 heterocycles. The predicted octanol–water partition coefficient (Wildman–Crippen LogP) is 3.90. The second kappa shape index (κ2) is 7.88. The molecule has 0 aliphatic carbocycles. The summed E-state index contributed by atoms with van der Waals surface area (Å²) in [6, 6.07) is 7.52. The number of halogens is 2. The lowest BCUT2D eigenvalue weighted by Crippen LogP contribution is -2.10. The standard InChI is InChI=1S/C17H17ClFNO4/c1-22-15-7-10(17(21)24-3)14(8-16(15)23-2)20-9-11-12(18)5-4-6-13(11)19/h4-8,20H,9H2,1-3H3. The van der Waals surface area contributed by atoms with Crippen molar-refractivity contribution in [3.8, 4) is 11.5 Å². The Morgan fingerprint density at radius 1 is 1.17 bits per heavy atom. The molecule has 2 aromatic rings. The molecule has 5 nitrogen and oxygen atoms in total. The molecular weight excluding hydrogens is 337 g/mol. The second-order valence-corrected chi connectivity index (χ2v) is 5.21. The Morgan fingerprint density at radius 3 is 2.42 bits per heavy atom. The number of methoxy groups -OCH3 is 3. The molecule has 24 heavy (non-hydrogen) atoms. The lowest BCUT2D eigenvalue weighted by molar-refractivity contribution is 0.0601. The Balaban J connectivity index is 2.39. The molecule has 7 heteroatoms. The lowest BCUT2D eigenvalue weighted by Gasteiger charge is -2.16. The van der Waals surface area contributed by atoms with Gasteiger partial charge in [0, 0.05) is 29.3 Å². The van der Waals surface area contributed by atoms with Gasteiger partial charge in [0.15, 0.2) is 11.5 Å². The summed E-state index contributed by atoms with van der Waals surface area (Å²) < 4.78 is 29.1. The first-order chi connectivity index (χ1) is 11.5. The third kappa shape index (κ3) is 3.71. The van der Waals surface area contributed by atoms with Crippen molar-refractivity contribution in [1.82, 2.24) is 0 Å². The van der Waals surface area contributed by atoms with Crippen LogP contribution in [0.2, 0.25) is 5.02 Å². The Morgan fingerprint density at radius 2 is 1.83 bits per heavy atom. The minimum absolute atomic E-state index is 0.0883. The quantitative estimate of drug-likeness (QED) is 0.798. The predicted molar refractivity (Wildman–Crippen MR) is 89.6 cm³/mol. The van der Waals surface area contributed by atoms with Crippen molar-refractivity contribution in [1.29, 1.82) is 0 Å². The number of anilines is 1. The number of esters is 1. The van der Waals surface area contributed by atoms with Gasteiger partial charge in [0.1, 0.15) is 5.82 Å². The van der Waals surface area contributed by atoms with E-state index < -0.39 is 11.8 Å². The molecule has 0 aromatic heterocycles. The average Bonchev–Trinajstić information content (AvgIpc) is 2.59. The summed E-state index contributed by atoms with van der Waals surface area (Å²) in [5.41, 5.74) is 0.950. The van der Waals surface area contributed by atoms with Crippen LogP contribution >= 0.6 is 11.6 Å². The number of hydrogen-bond donors (Lipinski definition) is 1. The Hall–Kier alpha value is -2.47. The molecule has 0 unspecified atom stereocenters. The molecule has 0 radical (unpaired) electrons. The van der Waals surface area contributed by atoms with Crippen LogP contribution in [-0.2, 0) is 11.3 Å². The van der Waals surface area contributed by atoms with E-state index in [9.17, 15) is 9.18 Å². The van der Waals surface area contributed by atoms with Gasteiger partial charge in [0.2, 0.25) is 0 Å². The Kier molecular flexibility index (Phi) is 5.87. The molecular formula is C17H17ClFNO4. The van der Waals surface area contributed by atoms with Crippen LogP contribution < -0.4 is 14.8 Å². The summed E-state index contributed by atoms with van der Waals surface area (Å²) in [5.74, 6) is -0.187. The van der Waals surface area contributed by atoms with E-state index in [-0.39, 0.29) is 12.1 Å². The maximum atomic E-state index is 13.9. The van der Waals surface area contributed by atoms with Crippen LogP contribution in [0.3, 0.4) is 0 Å². The van der Waals surface area contributed by atoms with E-state index in [0.29, 0.717) is 27.8 Å². The topological polar surface area (TPSA) is 56.8 Å². The molecule has 0 fully saturated rings. The molecule has 0 saturated carbocycles. The van der Waals surface area contributed by atoms with Gasteiger partial charge in [-0.25, -0.2) is 9.18 Å². The summed E-state index contributed by atoms with van der Waals surface area (Å²) in [6.45, 7) is 0.0883. The van der Waals surface area contributed by atoms with Crippen molar-refractivity contribution in [3.05, 3.63) is 52.3 Å². The van der Waals surface area contributed by atoms with Gasteiger partial charge in [-0.1, -0.05) is 17.7 Å². The normalized spacial score (nSPS) is 10.2. The fraction of sp³-hybridized carbons (Fsp3) is 0.235. The summed E-state index contributed by atoms with van der Waals surface area (Å²) in [7, 11) is 4.22. The molecule has 0 aliphatic rings. The molecule has 128 valence electrons. The van der Waals surface area contributed by atoms with E-state index in [4.69, 9.17) is 25.8 Å². The van der Waals surface area contributed by atoms with Crippen molar-refractivity contribution in [3.63, 3.8) is 0 Å². The first-order valence-electron chi connectivity index (χ1n) is 7.03. The molecule has 0 saturated heterocycles. The zero-order valence-electron chi connectivity index (χ0n) is 13.5. The van der Waals surface area contributed by atoms with E-state index >= 15 is 0 Å². The number of carbonyl (C=O) groups excluding carboxylic acids is 1. The van der Waals surface area contributed by atoms with Gasteiger partial charge in [0.25, 0.3) is 0 Å². The fourth-order valence-electron chi connectivity index (χ4n) is 2.19. The maximum absolute atomic E-state index is 13.9. The molecule has 0 bridgehead atoms. The van der Waals surface area contributed by atoms with Gasteiger partial charge in [-0.05, 0) is 12.1 Å². The maximum Gasteiger partial charge on any atom is 0.340 e. The zero-order valence-corrected chi connectivity index (χ0v) is 14.2. The number of benzene rings is 2. The molecule has 2 rings (SSSR count). The Labute approximate surface area is 144 Å². The largest absolute Gasteiger partial charge is 0.493 e. The zero-order chi connectivity index (χ0) is 17.7. The smallest absolute Gasteiger partial charge is 0.340 e. The first kappa shape index (κ1) is 17.9. The summed E-state index contributed by atoms with van der Waals surface area (Å²) in [4.78, 5) is 12.0. The van der Waals surface area contributed by atoms with Gasteiger partial charge in [-0.2, -0.15) is 0 Å². The number of carbonyl (C=O) groups is 1. The molecule has 0 amide bonds. The van der Waals surface area contributed by atoms with Gasteiger partial charge in [-0.15, -0.1) is 0 Å². The van der Waals surface area contributed by atoms with Crippen LogP contribution in [0, 0.1) is 5.82 Å². The highest BCUT2D eigenvalue weighted by Gasteiger charge is 2.18. The van der Waals surface area contributed by atoms with E-state index in [0.717, 1.165) is 0 Å². The summed E-state index contributed by atoms with van der Waals surface area (Å²) in [6.07, 6.45) is 0. The van der Waals surface area contributed by atoms with Gasteiger partial charge >= 0.3 is 5.97 Å². The van der Waals surface area contributed by atoms with Crippen LogP contribution in [0.25, 0.3) is 0 Å². The highest BCUT2D eigenvalue weighted by atomic mass is 35.5. The minimum atomic E-state index is -0.557. The number of nitrogens with one attached hydrogen (secondary N) is 1. The van der Waals surface area contributed by atoms with E-state index in [1.54, 1.807) is 12.1 Å². The van der Waals surface area contributed by atoms with Crippen molar-refractivity contribution in [2.24, 2.45) is 0 Å². The van der Waals surface area contributed by atoms with E-state index in [1.165, 1.54) is 39.5 Å². The van der Waals surface area contributed by atoms with Crippen molar-refractivity contribution in [2.45, 2.75) is 6.54 Å². The summed E-state index contributed by atoms with van der Waals surface area (Å²) in [5, 5.41) is 3.29. The Bertz CT molecular complexity index is 731. The number of ether oxygens (including phenoxy) is 3. The number of hydrogen-bond acceptors (Lipinski definition) is 5. The molecule has 0 atom stereocenters. The van der Waals surface area contributed by atoms with Gasteiger partial charge < -0.3 is 19.5 Å². The highest BCUT2D eigenvalue weighted by Crippen LogP contribution is 2.34. The van der Waals surface area contributed by atoms with Crippen molar-refractivity contribution in [2.75, 3.05) is 26.6 Å². The average molecular weight is 354 g/mol. The first-order valence-corrected chi connectivity index (χ1v) is 7.40. The van der Waals surface area contributed by atoms with Crippen LogP contribution in [0.15, 0.2) is 30.3 Å². The fourth-order valence-corrected chi connectivity index (χ4v) is 2.42. The van der Waals surface area contributed by atoms with Crippen molar-refractivity contribution < 1.29 is 23.4 Å². The third-order valence-electron chi connectivity index (χ3n) is 3.45. The monoisotopic (exact) mass is 353 g/mol. The van der Waals surface area contributed by atoms with E-state index in [1.807, 2.05) is 0 Å². The summed E-state index contributed by atoms with van der Waals surface area (Å²) >= 11 is 6.02. The molecule has 2 aromatic carbocycles. The van der Waals surface area contributed by atoms with Crippen LogP contribution in [-0.4, -0.2) is 27.3 Å². The van der Waals surface area contributed by atoms with Crippen LogP contribution in [0.4, 0.5) is 10.1 Å². The minimum Gasteiger partial charge on any atom is -0.493 e. The van der Waals surface area contributed by atoms with E-state index in [2.05, 4.69) is 5.32 Å². The van der Waals surface area contributed by atoms with Crippen LogP contribution in [0.5, 0.6) is 11.5 Å². The SMILES string of the molecule is COC(=O)c1cc(OC)c(OC)cc1NCc1c(F)cccc1Cl. The lowest BCUT2D eigenvalue weighted by atomic mass is 10.1. The third-order valence-corrected chi connectivity index (χ3v) is 3.80. The van der Waals surface area contributed by atoms with Crippen LogP contribution in [0.1, 0.15) is 15.9 Å².